The van der Waals surface area contributed by atoms with Crippen molar-refractivity contribution in [2.45, 2.75) is 26.4 Å². The van der Waals surface area contributed by atoms with Gasteiger partial charge < -0.3 is 5.11 Å². The van der Waals surface area contributed by atoms with Crippen LogP contribution >= 0.6 is 0 Å². The third-order valence-corrected chi connectivity index (χ3v) is 0. The predicted octanol–water partition coefficient (Wildman–Crippen LogP) is 0.772. The minimum absolute atomic E-state index is 0. The molecule has 0 amide bonds. The predicted molar refractivity (Wildman–Crippen MR) is 22.0 cm³/mol. The van der Waals surface area contributed by atoms with Gasteiger partial charge in [0, 0.05) is 43.4 Å². The van der Waals surface area contributed by atoms with Crippen LogP contribution in [-0.2, 0) is 43.4 Å². The molecule has 40 valence electrons. The number of hydrogen-bond donors (Lipinski definition) is 1. The molecule has 7 heavy (non-hydrogen) atoms. The minimum atomic E-state index is -0.500. The smallest absolute Gasteiger partial charge is 0.0563 e. The first kappa shape index (κ1) is 15.8. The molecule has 0 aromatic rings. The largest absolute Gasteiger partial charge is 0.391 e. The van der Waals surface area contributed by atoms with Gasteiger partial charge in [-0.25, -0.2) is 0 Å². The van der Waals surface area contributed by atoms with Gasteiger partial charge in [-0.2, -0.15) is 0 Å². The van der Waals surface area contributed by atoms with Crippen LogP contribution in [0.2, 0.25) is 0 Å². The maximum Gasteiger partial charge on any atom is 0.0563 e. The Morgan fingerprint density at radius 2 is 1.00 bits per heavy atom. The first-order chi connectivity index (χ1) is 2.00. The maximum atomic E-state index is 8.52. The van der Waals surface area contributed by atoms with E-state index in [1.807, 2.05) is 0 Å². The second-order valence-electron chi connectivity index (χ2n) is 2.17. The van der Waals surface area contributed by atoms with Crippen molar-refractivity contribution < 1.29 is 48.5 Å². The van der Waals surface area contributed by atoms with Gasteiger partial charge >= 0.3 is 0 Å². The summed E-state index contributed by atoms with van der Waals surface area (Å²) < 4.78 is 0. The summed E-state index contributed by atoms with van der Waals surface area (Å²) >= 11 is 0. The normalized spacial score (nSPS) is 8.57. The fourth-order valence-corrected chi connectivity index (χ4v) is 0. The van der Waals surface area contributed by atoms with Gasteiger partial charge in [0.1, 0.15) is 0 Å². The number of hydrogen-bond acceptors (Lipinski definition) is 1. The van der Waals surface area contributed by atoms with Crippen LogP contribution in [-0.4, -0.2) is 10.7 Å². The van der Waals surface area contributed by atoms with E-state index in [9.17, 15) is 0 Å². The first-order valence-corrected chi connectivity index (χ1v) is 1.72. The van der Waals surface area contributed by atoms with Crippen molar-refractivity contribution in [3.8, 4) is 0 Å². The SMILES string of the molecule is CC(C)(C)O.[Ti].[Ti]. The third-order valence-electron chi connectivity index (χ3n) is 0. The summed E-state index contributed by atoms with van der Waals surface area (Å²) in [4.78, 5) is 0. The van der Waals surface area contributed by atoms with Gasteiger partial charge in [0.25, 0.3) is 0 Å². The van der Waals surface area contributed by atoms with E-state index < -0.39 is 5.60 Å². The topological polar surface area (TPSA) is 20.2 Å². The zero-order valence-electron chi connectivity index (χ0n) is 4.95. The van der Waals surface area contributed by atoms with Gasteiger partial charge in [0.05, 0.1) is 5.60 Å². The maximum absolute atomic E-state index is 8.52. The summed E-state index contributed by atoms with van der Waals surface area (Å²) in [7, 11) is 0. The number of aliphatic hydroxyl groups is 1. The molecule has 0 aliphatic rings. The fraction of sp³-hybridized carbons (Fsp3) is 1.00. The molecular weight excluding hydrogens is 160 g/mol. The quantitative estimate of drug-likeness (QED) is 0.532. The van der Waals surface area contributed by atoms with Crippen LogP contribution in [0.25, 0.3) is 0 Å². The second-order valence-corrected chi connectivity index (χ2v) is 2.17. The Bertz CT molecular complexity index is 25.2. The van der Waals surface area contributed by atoms with Crippen molar-refractivity contribution in [2.75, 3.05) is 0 Å². The van der Waals surface area contributed by atoms with Crippen molar-refractivity contribution >= 4 is 0 Å². The van der Waals surface area contributed by atoms with Gasteiger partial charge in [-0.05, 0) is 20.8 Å². The van der Waals surface area contributed by atoms with Crippen LogP contribution in [0.15, 0.2) is 0 Å². The molecule has 0 heterocycles. The summed E-state index contributed by atoms with van der Waals surface area (Å²) in [5, 5.41) is 8.52. The molecule has 0 aliphatic carbocycles. The Morgan fingerprint density at radius 1 is 1.00 bits per heavy atom. The monoisotopic (exact) mass is 170 g/mol. The minimum Gasteiger partial charge on any atom is -0.391 e. The van der Waals surface area contributed by atoms with Crippen LogP contribution in [0.1, 0.15) is 20.8 Å². The zero-order chi connectivity index (χ0) is 4.50. The van der Waals surface area contributed by atoms with Crippen molar-refractivity contribution in [3.05, 3.63) is 0 Å². The molecule has 0 aromatic carbocycles. The van der Waals surface area contributed by atoms with Crippen LogP contribution < -0.4 is 0 Å². The molecule has 0 atom stereocenters. The van der Waals surface area contributed by atoms with Gasteiger partial charge in [-0.1, -0.05) is 0 Å². The van der Waals surface area contributed by atoms with Gasteiger partial charge in [-0.15, -0.1) is 0 Å². The summed E-state index contributed by atoms with van der Waals surface area (Å²) in [6.07, 6.45) is 0. The summed E-state index contributed by atoms with van der Waals surface area (Å²) in [6.45, 7) is 5.23. The summed E-state index contributed by atoms with van der Waals surface area (Å²) in [5.41, 5.74) is -0.500. The molecule has 1 N–H and O–H groups in total. The van der Waals surface area contributed by atoms with E-state index in [0.29, 0.717) is 0 Å². The Labute approximate surface area is 74.6 Å². The molecule has 0 bridgehead atoms. The van der Waals surface area contributed by atoms with Gasteiger partial charge in [-0.3, -0.25) is 0 Å². The van der Waals surface area contributed by atoms with E-state index >= 15 is 0 Å². The average Bonchev–Trinajstić information content (AvgIpc) is 0.722. The van der Waals surface area contributed by atoms with E-state index in [4.69, 9.17) is 5.11 Å². The van der Waals surface area contributed by atoms with Crippen LogP contribution in [0.4, 0.5) is 0 Å². The Morgan fingerprint density at radius 3 is 1.00 bits per heavy atom. The van der Waals surface area contributed by atoms with Gasteiger partial charge in [0.2, 0.25) is 0 Å². The van der Waals surface area contributed by atoms with Crippen molar-refractivity contribution in [3.63, 3.8) is 0 Å². The molecule has 1 nitrogen and oxygen atoms in total. The summed E-state index contributed by atoms with van der Waals surface area (Å²) in [5.74, 6) is 0. The Hall–Kier alpha value is 1.39. The van der Waals surface area contributed by atoms with E-state index in [0.717, 1.165) is 0 Å². The van der Waals surface area contributed by atoms with Crippen LogP contribution in [0.5, 0.6) is 0 Å². The molecule has 0 aliphatic heterocycles. The molecule has 0 saturated heterocycles. The molecule has 0 rings (SSSR count). The second kappa shape index (κ2) is 5.52. The third kappa shape index (κ3) is 111. The number of rotatable bonds is 0. The fourth-order valence-electron chi connectivity index (χ4n) is 0. The van der Waals surface area contributed by atoms with E-state index in [-0.39, 0.29) is 43.4 Å². The Kier molecular flexibility index (Phi) is 12.4. The van der Waals surface area contributed by atoms with Crippen molar-refractivity contribution in [1.82, 2.24) is 0 Å². The Balaban J connectivity index is -0.0000000800. The molecule has 0 unspecified atom stereocenters. The van der Waals surface area contributed by atoms with Crippen molar-refractivity contribution in [1.29, 1.82) is 0 Å². The van der Waals surface area contributed by atoms with E-state index in [1.54, 1.807) is 20.8 Å². The zero-order valence-corrected chi connectivity index (χ0v) is 8.07. The van der Waals surface area contributed by atoms with Gasteiger partial charge in [0.15, 0.2) is 0 Å². The molecule has 0 fully saturated rings. The first-order valence-electron chi connectivity index (χ1n) is 1.72. The summed E-state index contributed by atoms with van der Waals surface area (Å²) in [6, 6.07) is 0. The molecule has 3 heteroatoms. The standard InChI is InChI=1S/C4H10O.2Ti/c1-4(2,3)5;;/h5H,1-3H3;;. The van der Waals surface area contributed by atoms with Crippen LogP contribution in [0, 0.1) is 0 Å². The molecule has 0 aromatic heterocycles. The van der Waals surface area contributed by atoms with Crippen molar-refractivity contribution in [2.24, 2.45) is 0 Å². The van der Waals surface area contributed by atoms with E-state index in [1.165, 1.54) is 0 Å². The average molecular weight is 170 g/mol. The molecular formula is C4H10OTi2. The molecule has 0 radical (unpaired) electrons. The van der Waals surface area contributed by atoms with E-state index in [2.05, 4.69) is 0 Å². The van der Waals surface area contributed by atoms with Crippen LogP contribution in [0.3, 0.4) is 0 Å². The molecule has 0 saturated carbocycles. The molecule has 0 spiro atoms.